The lowest BCUT2D eigenvalue weighted by Crippen LogP contribution is -2.53. The van der Waals surface area contributed by atoms with Crippen LogP contribution in [0.5, 0.6) is 5.75 Å². The molecule has 3 aliphatic heterocycles. The Bertz CT molecular complexity index is 2450. The van der Waals surface area contributed by atoms with Crippen LogP contribution >= 0.6 is 0 Å². The molecule has 0 saturated carbocycles. The predicted octanol–water partition coefficient (Wildman–Crippen LogP) is 6.70. The molecule has 6 atom stereocenters. The number of non-ortho nitro benzene ring substituents is 1. The van der Waals surface area contributed by atoms with Crippen molar-refractivity contribution in [1.82, 2.24) is 4.90 Å². The molecule has 0 radical (unpaired) electrons. The number of fused-ring (bicyclic) bond motifs is 3. The number of ether oxygens (including phenoxy) is 4. The third kappa shape index (κ3) is 6.65. The minimum Gasteiger partial charge on any atom is -0.491 e. The van der Waals surface area contributed by atoms with E-state index in [4.69, 9.17) is 18.9 Å². The lowest BCUT2D eigenvalue weighted by molar-refractivity contribution is -0.384. The summed E-state index contributed by atoms with van der Waals surface area (Å²) in [6.07, 6.45) is -0.658. The molecule has 2 saturated heterocycles. The first-order valence-corrected chi connectivity index (χ1v) is 19.2. The second kappa shape index (κ2) is 16.6. The van der Waals surface area contributed by atoms with Gasteiger partial charge in [0.25, 0.3) is 5.69 Å². The third-order valence-corrected chi connectivity index (χ3v) is 11.2. The summed E-state index contributed by atoms with van der Waals surface area (Å²) < 4.78 is 24.1. The quantitative estimate of drug-likeness (QED) is 0.0465. The fourth-order valence-corrected chi connectivity index (χ4v) is 8.93. The number of morpholine rings is 1. The number of nitrogens with zero attached hydrogens (tertiary/aromatic N) is 3. The van der Waals surface area contributed by atoms with Crippen LogP contribution in [-0.4, -0.2) is 64.7 Å². The van der Waals surface area contributed by atoms with Crippen molar-refractivity contribution in [2.45, 2.75) is 36.3 Å². The van der Waals surface area contributed by atoms with Gasteiger partial charge in [-0.1, -0.05) is 110 Å². The molecule has 6 unspecified atom stereocenters. The fraction of sp³-hybridized carbons (Fsp3) is 0.217. The van der Waals surface area contributed by atoms with Crippen LogP contribution in [0, 0.1) is 16.0 Å². The second-order valence-electron chi connectivity index (χ2n) is 14.4. The summed E-state index contributed by atoms with van der Waals surface area (Å²) in [4.78, 5) is 73.6. The average molecular weight is 810 g/mol. The zero-order valence-electron chi connectivity index (χ0n) is 32.1. The van der Waals surface area contributed by atoms with Crippen molar-refractivity contribution < 1.29 is 48.2 Å². The number of aliphatic hydroxyl groups excluding tert-OH is 1. The predicted molar refractivity (Wildman–Crippen MR) is 215 cm³/mol. The number of imide groups is 1. The van der Waals surface area contributed by atoms with E-state index in [9.17, 15) is 29.6 Å². The number of nitro benzene ring substituents is 1. The van der Waals surface area contributed by atoms with Gasteiger partial charge in [-0.2, -0.15) is 0 Å². The van der Waals surface area contributed by atoms with E-state index >= 15 is 4.79 Å². The Morgan fingerprint density at radius 1 is 0.833 bits per heavy atom. The number of hydrogen-bond donors (Lipinski definition) is 1. The number of esters is 2. The number of benzene rings is 5. The second-order valence-corrected chi connectivity index (χ2v) is 14.4. The molecule has 1 N–H and O–H groups in total. The number of anilines is 1. The van der Waals surface area contributed by atoms with Crippen LogP contribution in [0.4, 0.5) is 16.2 Å². The van der Waals surface area contributed by atoms with Gasteiger partial charge in [-0.05, 0) is 46.5 Å². The van der Waals surface area contributed by atoms with Gasteiger partial charge in [0.2, 0.25) is 5.91 Å². The summed E-state index contributed by atoms with van der Waals surface area (Å²) in [5.74, 6) is -3.93. The lowest BCUT2D eigenvalue weighted by atomic mass is 9.65. The Kier molecular flexibility index (Phi) is 11.0. The molecule has 60 heavy (non-hydrogen) atoms. The Labute approximate surface area is 344 Å². The van der Waals surface area contributed by atoms with Crippen LogP contribution < -0.4 is 9.64 Å². The van der Waals surface area contributed by atoms with Crippen LogP contribution in [0.25, 0.3) is 0 Å². The van der Waals surface area contributed by atoms with Gasteiger partial charge in [0, 0.05) is 17.7 Å². The summed E-state index contributed by atoms with van der Waals surface area (Å²) in [5, 5.41) is 21.1. The summed E-state index contributed by atoms with van der Waals surface area (Å²) >= 11 is 0. The van der Waals surface area contributed by atoms with Crippen LogP contribution in [0.15, 0.2) is 146 Å². The van der Waals surface area contributed by atoms with Gasteiger partial charge in [0.15, 0.2) is 0 Å². The van der Waals surface area contributed by atoms with E-state index in [1.54, 1.807) is 48.5 Å². The topological polar surface area (TPSA) is 175 Å². The van der Waals surface area contributed by atoms with Crippen molar-refractivity contribution in [2.75, 3.05) is 24.7 Å². The maximum atomic E-state index is 16.0. The average Bonchev–Trinajstić information content (AvgIpc) is 3.74. The first-order chi connectivity index (χ1) is 29.2. The number of carbonyl (C=O) groups excluding carboxylic acids is 4. The molecule has 5 aromatic rings. The third-order valence-electron chi connectivity index (χ3n) is 11.2. The van der Waals surface area contributed by atoms with E-state index < -0.39 is 64.4 Å². The SMILES string of the molecule is C=CCOC(=O)C1C2C(=O)OC(c3ccccc3)C(c3ccccc3)N2C(c2ccccc2OCCO)C12C(=O)N(C(=O)OCc1ccc([N+](=O)[O-])cc1)c1ccccc12. The van der Waals surface area contributed by atoms with Crippen molar-refractivity contribution >= 4 is 35.3 Å². The first-order valence-electron chi connectivity index (χ1n) is 19.2. The zero-order valence-corrected chi connectivity index (χ0v) is 32.1. The number of amides is 2. The molecule has 304 valence electrons. The molecule has 5 aromatic carbocycles. The van der Waals surface area contributed by atoms with Gasteiger partial charge in [0.05, 0.1) is 29.3 Å². The highest BCUT2D eigenvalue weighted by Gasteiger charge is 2.76. The summed E-state index contributed by atoms with van der Waals surface area (Å²) in [5.41, 5.74) is 0.290. The number of hydrogen-bond acceptors (Lipinski definition) is 12. The number of nitro groups is 1. The summed E-state index contributed by atoms with van der Waals surface area (Å²) in [6.45, 7) is 2.65. The van der Waals surface area contributed by atoms with Crippen LogP contribution in [-0.2, 0) is 40.6 Å². The van der Waals surface area contributed by atoms with E-state index in [-0.39, 0.29) is 49.1 Å². The number of carbonyl (C=O) groups is 4. The molecule has 1 spiro atoms. The van der Waals surface area contributed by atoms with Crippen LogP contribution in [0.1, 0.15) is 46.0 Å². The Balaban J connectivity index is 1.38. The van der Waals surface area contributed by atoms with Crippen LogP contribution in [0.2, 0.25) is 0 Å². The monoisotopic (exact) mass is 809 g/mol. The molecule has 2 fully saturated rings. The van der Waals surface area contributed by atoms with Crippen LogP contribution in [0.3, 0.4) is 0 Å². The Morgan fingerprint density at radius 2 is 1.48 bits per heavy atom. The number of aliphatic hydroxyl groups is 1. The Hall–Kier alpha value is -7.16. The van der Waals surface area contributed by atoms with E-state index in [1.165, 1.54) is 30.3 Å². The highest BCUT2D eigenvalue weighted by Crippen LogP contribution is 2.66. The molecule has 3 aliphatic rings. The van der Waals surface area contributed by atoms with Gasteiger partial charge < -0.3 is 24.1 Å². The van der Waals surface area contributed by atoms with Gasteiger partial charge >= 0.3 is 18.0 Å². The van der Waals surface area contributed by atoms with E-state index in [2.05, 4.69) is 6.58 Å². The maximum absolute atomic E-state index is 16.0. The summed E-state index contributed by atoms with van der Waals surface area (Å²) in [6, 6.07) is 33.7. The number of cyclic esters (lactones) is 1. The molecule has 0 aliphatic carbocycles. The minimum absolute atomic E-state index is 0.112. The standard InChI is InChI=1S/C46H39N3O11/c1-2-26-58-42(51)37-39-43(52)60-40(31-15-7-4-8-16-31)38(30-13-5-3-6-14-30)48(39)41(33-17-9-12-20-36(33)57-27-25-50)46(37)34-18-10-11-19-35(34)47(44(46)53)45(54)59-28-29-21-23-32(24-22-29)49(55)56/h2-24,37-41,50H,1,25-28H2. The van der Waals surface area contributed by atoms with Crippen molar-refractivity contribution in [3.8, 4) is 5.75 Å². The molecule has 14 heteroatoms. The van der Waals surface area contributed by atoms with Gasteiger partial charge in [0.1, 0.15) is 49.0 Å². The first kappa shape index (κ1) is 39.7. The smallest absolute Gasteiger partial charge is 0.421 e. The normalized spacial score (nSPS) is 23.0. The van der Waals surface area contributed by atoms with Gasteiger partial charge in [-0.3, -0.25) is 29.4 Å². The zero-order chi connectivity index (χ0) is 42.0. The largest absolute Gasteiger partial charge is 0.491 e. The highest BCUT2D eigenvalue weighted by atomic mass is 16.6. The lowest BCUT2D eigenvalue weighted by Gasteiger charge is -2.46. The summed E-state index contributed by atoms with van der Waals surface area (Å²) in [7, 11) is 0. The van der Waals surface area contributed by atoms with Gasteiger partial charge in [-0.15, -0.1) is 0 Å². The minimum atomic E-state index is -2.08. The molecule has 3 heterocycles. The molecule has 14 nitrogen and oxygen atoms in total. The van der Waals surface area contributed by atoms with E-state index in [0.29, 0.717) is 22.3 Å². The number of para-hydroxylation sites is 2. The molecule has 8 rings (SSSR count). The molecule has 0 aromatic heterocycles. The molecular weight excluding hydrogens is 771 g/mol. The molecule has 2 amide bonds. The fourth-order valence-electron chi connectivity index (χ4n) is 8.93. The van der Waals surface area contributed by atoms with Crippen molar-refractivity contribution in [2.24, 2.45) is 5.92 Å². The highest BCUT2D eigenvalue weighted by molar-refractivity contribution is 6.23. The van der Waals surface area contributed by atoms with Gasteiger partial charge in [-0.25, -0.2) is 9.69 Å². The molecular formula is C46H39N3O11. The number of rotatable bonds is 12. The van der Waals surface area contributed by atoms with Crippen molar-refractivity contribution in [1.29, 1.82) is 0 Å². The molecule has 0 bridgehead atoms. The van der Waals surface area contributed by atoms with E-state index in [0.717, 1.165) is 4.90 Å². The van der Waals surface area contributed by atoms with Crippen molar-refractivity contribution in [3.05, 3.63) is 184 Å². The van der Waals surface area contributed by atoms with Crippen molar-refractivity contribution in [3.63, 3.8) is 0 Å². The Morgan fingerprint density at radius 3 is 2.17 bits per heavy atom. The van der Waals surface area contributed by atoms with E-state index in [1.807, 2.05) is 65.6 Å². The maximum Gasteiger partial charge on any atom is 0.421 e.